The average molecular weight is 280 g/mol. The van der Waals surface area contributed by atoms with Crippen molar-refractivity contribution in [3.8, 4) is 5.75 Å². The number of hydrogen-bond donors (Lipinski definition) is 3. The van der Waals surface area contributed by atoms with E-state index in [2.05, 4.69) is 10.3 Å². The Hall–Kier alpha value is -3.08. The predicted molar refractivity (Wildman–Crippen MR) is 80.1 cm³/mol. The molecule has 5 heteroatoms. The first-order valence-electron chi connectivity index (χ1n) is 6.32. The van der Waals surface area contributed by atoms with Crippen LogP contribution < -0.4 is 5.32 Å². The molecule has 21 heavy (non-hydrogen) atoms. The normalized spacial score (nSPS) is 10.5. The van der Waals surface area contributed by atoms with Crippen molar-refractivity contribution in [2.45, 2.75) is 0 Å². The number of phenols is 1. The minimum atomic E-state index is -0.970. The summed E-state index contributed by atoms with van der Waals surface area (Å²) in [6.07, 6.45) is 1.57. The molecule has 0 amide bonds. The third-order valence-electron chi connectivity index (χ3n) is 3.17. The molecule has 104 valence electrons. The average Bonchev–Trinajstić information content (AvgIpc) is 2.49. The van der Waals surface area contributed by atoms with E-state index < -0.39 is 5.97 Å². The number of carboxylic acid groups (broad SMARTS) is 1. The highest BCUT2D eigenvalue weighted by molar-refractivity contribution is 6.06. The number of nitrogens with zero attached hydrogens (tertiary/aromatic N) is 1. The summed E-state index contributed by atoms with van der Waals surface area (Å²) in [4.78, 5) is 15.5. The molecule has 0 saturated heterocycles. The van der Waals surface area contributed by atoms with Crippen LogP contribution in [0, 0.1) is 0 Å². The van der Waals surface area contributed by atoms with E-state index in [-0.39, 0.29) is 11.3 Å². The molecule has 0 radical (unpaired) electrons. The van der Waals surface area contributed by atoms with Gasteiger partial charge in [-0.15, -0.1) is 0 Å². The highest BCUT2D eigenvalue weighted by Crippen LogP contribution is 2.27. The number of anilines is 2. The maximum Gasteiger partial charge on any atom is 0.336 e. The minimum absolute atomic E-state index is 0.180. The van der Waals surface area contributed by atoms with E-state index in [1.54, 1.807) is 48.7 Å². The van der Waals surface area contributed by atoms with Gasteiger partial charge in [-0.1, -0.05) is 12.1 Å². The van der Waals surface area contributed by atoms with E-state index in [9.17, 15) is 15.0 Å². The van der Waals surface area contributed by atoms with E-state index in [4.69, 9.17) is 0 Å². The molecule has 0 bridgehead atoms. The largest absolute Gasteiger partial charge is 0.508 e. The van der Waals surface area contributed by atoms with Crippen LogP contribution in [0.25, 0.3) is 10.8 Å². The lowest BCUT2D eigenvalue weighted by Gasteiger charge is -2.10. The van der Waals surface area contributed by atoms with Crippen LogP contribution in [0.1, 0.15) is 10.4 Å². The van der Waals surface area contributed by atoms with Crippen molar-refractivity contribution in [1.29, 1.82) is 0 Å². The van der Waals surface area contributed by atoms with Crippen LogP contribution in [0.5, 0.6) is 5.75 Å². The summed E-state index contributed by atoms with van der Waals surface area (Å²) in [5.41, 5.74) is 0.997. The fraction of sp³-hybridized carbons (Fsp3) is 0. The van der Waals surface area contributed by atoms with E-state index in [1.807, 2.05) is 6.07 Å². The Bertz CT molecular complexity index is 813. The molecule has 3 aromatic rings. The number of nitrogens with one attached hydrogen (secondary N) is 1. The summed E-state index contributed by atoms with van der Waals surface area (Å²) in [6, 6.07) is 13.3. The Morgan fingerprint density at radius 2 is 1.76 bits per heavy atom. The number of rotatable bonds is 3. The molecule has 0 aliphatic carbocycles. The molecule has 3 N–H and O–H groups in total. The highest BCUT2D eigenvalue weighted by Gasteiger charge is 2.10. The Morgan fingerprint density at radius 3 is 2.48 bits per heavy atom. The van der Waals surface area contributed by atoms with Gasteiger partial charge in [-0.25, -0.2) is 9.78 Å². The first-order chi connectivity index (χ1) is 10.1. The number of fused-ring (bicyclic) bond motifs is 1. The molecule has 1 aromatic heterocycles. The van der Waals surface area contributed by atoms with Gasteiger partial charge in [-0.2, -0.15) is 0 Å². The Labute approximate surface area is 120 Å². The Balaban J connectivity index is 2.09. The van der Waals surface area contributed by atoms with Gasteiger partial charge in [0.05, 0.1) is 5.56 Å². The van der Waals surface area contributed by atoms with Crippen LogP contribution in [0.3, 0.4) is 0 Å². The van der Waals surface area contributed by atoms with Crippen molar-refractivity contribution in [3.63, 3.8) is 0 Å². The standard InChI is InChI=1S/C16H12N2O3/c19-11-6-4-10(5-7-11)18-15-13-2-1-3-14(16(20)21)12(13)8-9-17-15/h1-9,19H,(H,17,18)(H,20,21). The molecular weight excluding hydrogens is 268 g/mol. The predicted octanol–water partition coefficient (Wildman–Crippen LogP) is 3.38. The Morgan fingerprint density at radius 1 is 1.00 bits per heavy atom. The number of hydrogen-bond acceptors (Lipinski definition) is 4. The third-order valence-corrected chi connectivity index (χ3v) is 3.17. The number of aromatic carboxylic acids is 1. The molecule has 0 aliphatic rings. The molecule has 0 atom stereocenters. The van der Waals surface area contributed by atoms with Gasteiger partial charge < -0.3 is 15.5 Å². The summed E-state index contributed by atoms with van der Waals surface area (Å²) in [6.45, 7) is 0. The molecule has 0 aliphatic heterocycles. The van der Waals surface area contributed by atoms with E-state index >= 15 is 0 Å². The topological polar surface area (TPSA) is 82.5 Å². The summed E-state index contributed by atoms with van der Waals surface area (Å²) < 4.78 is 0. The molecular formula is C16H12N2O3. The van der Waals surface area contributed by atoms with Gasteiger partial charge in [-0.05, 0) is 36.4 Å². The molecule has 1 heterocycles. The SMILES string of the molecule is O=C(O)c1cccc2c(Nc3ccc(O)cc3)nccc12. The van der Waals surface area contributed by atoms with Crippen LogP contribution in [0.15, 0.2) is 54.7 Å². The number of aromatic hydroxyl groups is 1. The molecule has 0 fully saturated rings. The van der Waals surface area contributed by atoms with E-state index in [0.717, 1.165) is 11.1 Å². The molecule has 2 aromatic carbocycles. The lowest BCUT2D eigenvalue weighted by atomic mass is 10.1. The van der Waals surface area contributed by atoms with Crippen LogP contribution >= 0.6 is 0 Å². The Kier molecular flexibility index (Phi) is 3.16. The highest BCUT2D eigenvalue weighted by atomic mass is 16.4. The van der Waals surface area contributed by atoms with Gasteiger partial charge in [0.25, 0.3) is 0 Å². The number of carbonyl (C=O) groups is 1. The van der Waals surface area contributed by atoms with Gasteiger partial charge in [-0.3, -0.25) is 0 Å². The lowest BCUT2D eigenvalue weighted by Crippen LogP contribution is -2.00. The summed E-state index contributed by atoms with van der Waals surface area (Å²) >= 11 is 0. The number of aromatic nitrogens is 1. The van der Waals surface area contributed by atoms with Crippen LogP contribution in [-0.2, 0) is 0 Å². The quantitative estimate of drug-likeness (QED) is 0.641. The summed E-state index contributed by atoms with van der Waals surface area (Å²) in [5.74, 6) is -0.219. The van der Waals surface area contributed by atoms with Gasteiger partial charge >= 0.3 is 5.97 Å². The van der Waals surface area contributed by atoms with Gasteiger partial charge in [0.15, 0.2) is 0 Å². The number of carboxylic acids is 1. The molecule has 0 saturated carbocycles. The monoisotopic (exact) mass is 280 g/mol. The second-order valence-corrected chi connectivity index (χ2v) is 4.54. The fourth-order valence-electron chi connectivity index (χ4n) is 2.17. The van der Waals surface area contributed by atoms with Crippen molar-refractivity contribution in [1.82, 2.24) is 4.98 Å². The first-order valence-corrected chi connectivity index (χ1v) is 6.32. The molecule has 0 spiro atoms. The second kappa shape index (κ2) is 5.13. The first kappa shape index (κ1) is 12.9. The van der Waals surface area contributed by atoms with Crippen molar-refractivity contribution < 1.29 is 15.0 Å². The van der Waals surface area contributed by atoms with Gasteiger partial charge in [0, 0.05) is 22.7 Å². The minimum Gasteiger partial charge on any atom is -0.508 e. The zero-order valence-electron chi connectivity index (χ0n) is 10.9. The van der Waals surface area contributed by atoms with Gasteiger partial charge in [0.2, 0.25) is 0 Å². The van der Waals surface area contributed by atoms with Crippen LogP contribution in [0.2, 0.25) is 0 Å². The summed E-state index contributed by atoms with van der Waals surface area (Å²) in [7, 11) is 0. The zero-order valence-corrected chi connectivity index (χ0v) is 10.9. The van der Waals surface area contributed by atoms with Crippen molar-refractivity contribution in [2.24, 2.45) is 0 Å². The zero-order chi connectivity index (χ0) is 14.8. The van der Waals surface area contributed by atoms with Crippen molar-refractivity contribution >= 4 is 28.2 Å². The van der Waals surface area contributed by atoms with Crippen LogP contribution in [0.4, 0.5) is 11.5 Å². The number of benzene rings is 2. The van der Waals surface area contributed by atoms with Gasteiger partial charge in [0.1, 0.15) is 11.6 Å². The molecule has 5 nitrogen and oxygen atoms in total. The van der Waals surface area contributed by atoms with Crippen molar-refractivity contribution in [2.75, 3.05) is 5.32 Å². The summed E-state index contributed by atoms with van der Waals surface area (Å²) in [5, 5.41) is 23.0. The number of pyridine rings is 1. The maximum atomic E-state index is 11.3. The molecule has 3 rings (SSSR count). The van der Waals surface area contributed by atoms with E-state index in [0.29, 0.717) is 11.2 Å². The molecule has 0 unspecified atom stereocenters. The maximum absolute atomic E-state index is 11.3. The fourth-order valence-corrected chi connectivity index (χ4v) is 2.17. The van der Waals surface area contributed by atoms with E-state index in [1.165, 1.54) is 0 Å². The van der Waals surface area contributed by atoms with Crippen molar-refractivity contribution in [3.05, 3.63) is 60.3 Å². The number of phenolic OH excluding ortho intramolecular Hbond substituents is 1. The smallest absolute Gasteiger partial charge is 0.336 e. The lowest BCUT2D eigenvalue weighted by molar-refractivity contribution is 0.0699. The van der Waals surface area contributed by atoms with Crippen LogP contribution in [-0.4, -0.2) is 21.2 Å². The third kappa shape index (κ3) is 2.49. The second-order valence-electron chi connectivity index (χ2n) is 4.54.